The van der Waals surface area contributed by atoms with Crippen LogP contribution in [0.1, 0.15) is 29.7 Å². The Kier molecular flexibility index (Phi) is 6.92. The normalized spacial score (nSPS) is 15.3. The smallest absolute Gasteiger partial charge is 0.159 e. The van der Waals surface area contributed by atoms with Crippen molar-refractivity contribution in [3.8, 4) is 44.5 Å². The molecule has 1 unspecified atom stereocenters. The SMILES string of the molecule is [2H]c1c([2H])c([2H])c(-c2ccc(C3=NC(c4ccccc4)NC(c4cccc5c4oc4c(-c6ccc(-c7ccc(-c8ccccc8)cc7)cc6)cccc45)=N3)cc2)c([2H])c1[2H]. The van der Waals surface area contributed by atoms with E-state index >= 15 is 0 Å². The fourth-order valence-corrected chi connectivity index (χ4v) is 7.26. The van der Waals surface area contributed by atoms with Crippen LogP contribution in [0, 0.1) is 0 Å². The van der Waals surface area contributed by atoms with Crippen LogP contribution in [-0.4, -0.2) is 11.7 Å². The molecule has 0 saturated heterocycles. The van der Waals surface area contributed by atoms with Gasteiger partial charge in [0.15, 0.2) is 5.84 Å². The van der Waals surface area contributed by atoms with Crippen LogP contribution in [0.2, 0.25) is 0 Å². The van der Waals surface area contributed by atoms with Crippen molar-refractivity contribution in [3.63, 3.8) is 0 Å². The van der Waals surface area contributed by atoms with Gasteiger partial charge in [0, 0.05) is 21.9 Å². The monoisotopic (exact) mass is 710 g/mol. The van der Waals surface area contributed by atoms with Crippen LogP contribution in [0.15, 0.2) is 214 Å². The van der Waals surface area contributed by atoms with Gasteiger partial charge in [0.25, 0.3) is 0 Å². The summed E-state index contributed by atoms with van der Waals surface area (Å²) in [6.07, 6.45) is -0.460. The summed E-state index contributed by atoms with van der Waals surface area (Å²) in [4.78, 5) is 10.1. The number of furan rings is 1. The van der Waals surface area contributed by atoms with Crippen molar-refractivity contribution in [1.29, 1.82) is 0 Å². The Bertz CT molecular complexity index is 3110. The third-order valence-electron chi connectivity index (χ3n) is 10.1. The van der Waals surface area contributed by atoms with Crippen LogP contribution >= 0.6 is 0 Å². The molecule has 4 heteroatoms. The number of fused-ring (bicyclic) bond motifs is 3. The first kappa shape index (κ1) is 27.3. The highest BCUT2D eigenvalue weighted by Crippen LogP contribution is 2.38. The third kappa shape index (κ3) is 6.20. The van der Waals surface area contributed by atoms with Crippen molar-refractivity contribution >= 4 is 33.6 Å². The molecule has 0 bridgehead atoms. The van der Waals surface area contributed by atoms with Crippen LogP contribution in [0.5, 0.6) is 0 Å². The maximum Gasteiger partial charge on any atom is 0.159 e. The number of hydrogen-bond donors (Lipinski definition) is 1. The topological polar surface area (TPSA) is 49.9 Å². The van der Waals surface area contributed by atoms with Crippen molar-refractivity contribution in [2.45, 2.75) is 6.17 Å². The Hall–Kier alpha value is -7.30. The highest BCUT2D eigenvalue weighted by molar-refractivity contribution is 6.20. The first-order valence-corrected chi connectivity index (χ1v) is 18.2. The lowest BCUT2D eigenvalue weighted by Crippen LogP contribution is -2.33. The minimum atomic E-state index is -0.460. The van der Waals surface area contributed by atoms with E-state index in [1.54, 1.807) is 12.1 Å². The maximum absolute atomic E-state index is 8.47. The summed E-state index contributed by atoms with van der Waals surface area (Å²) in [6, 6.07) is 55.4. The van der Waals surface area contributed by atoms with Gasteiger partial charge in [-0.3, -0.25) is 0 Å². The Morgan fingerprint density at radius 1 is 0.436 bits per heavy atom. The van der Waals surface area contributed by atoms with Crippen LogP contribution in [0.4, 0.5) is 0 Å². The Morgan fingerprint density at radius 2 is 0.927 bits per heavy atom. The molecular weight excluding hydrogens is 671 g/mol. The molecule has 0 radical (unpaired) electrons. The lowest BCUT2D eigenvalue weighted by atomic mass is 9.97. The predicted molar refractivity (Wildman–Crippen MR) is 227 cm³/mol. The molecule has 8 aromatic carbocycles. The second kappa shape index (κ2) is 13.9. The molecule has 0 saturated carbocycles. The zero-order valence-electron chi connectivity index (χ0n) is 34.5. The average molecular weight is 711 g/mol. The highest BCUT2D eigenvalue weighted by Gasteiger charge is 2.24. The highest BCUT2D eigenvalue weighted by atomic mass is 16.3. The molecule has 1 atom stereocenters. The molecule has 0 spiro atoms. The Morgan fingerprint density at radius 3 is 1.55 bits per heavy atom. The molecule has 1 aliphatic rings. The first-order valence-electron chi connectivity index (χ1n) is 20.7. The predicted octanol–water partition coefficient (Wildman–Crippen LogP) is 12.7. The lowest BCUT2D eigenvalue weighted by molar-refractivity contribution is 0.660. The molecule has 0 aliphatic carbocycles. The summed E-state index contributed by atoms with van der Waals surface area (Å²) in [5, 5.41) is 5.53. The number of nitrogens with zero attached hydrogens (tertiary/aromatic N) is 2. The van der Waals surface area contributed by atoms with Gasteiger partial charge in [0.2, 0.25) is 0 Å². The summed E-state index contributed by atoms with van der Waals surface area (Å²) in [5.74, 6) is 1.08. The van der Waals surface area contributed by atoms with Crippen molar-refractivity contribution in [3.05, 3.63) is 217 Å². The molecule has 55 heavy (non-hydrogen) atoms. The van der Waals surface area contributed by atoms with Gasteiger partial charge >= 0.3 is 0 Å². The number of rotatable bonds is 7. The van der Waals surface area contributed by atoms with Crippen LogP contribution in [0.3, 0.4) is 0 Å². The number of hydrogen-bond acceptors (Lipinski definition) is 4. The zero-order chi connectivity index (χ0) is 40.9. The van der Waals surface area contributed by atoms with E-state index in [0.717, 1.165) is 49.7 Å². The van der Waals surface area contributed by atoms with E-state index in [-0.39, 0.29) is 29.7 Å². The van der Waals surface area contributed by atoms with E-state index in [2.05, 4.69) is 102 Å². The molecule has 0 amide bonds. The number of amidine groups is 2. The van der Waals surface area contributed by atoms with Gasteiger partial charge < -0.3 is 9.73 Å². The number of nitrogens with one attached hydrogen (secondary N) is 1. The summed E-state index contributed by atoms with van der Waals surface area (Å²) in [6.45, 7) is 0. The van der Waals surface area contributed by atoms with Gasteiger partial charge in [0.05, 0.1) is 12.4 Å². The number of aliphatic imine (C=N–C) groups is 2. The largest absolute Gasteiger partial charge is 0.455 e. The van der Waals surface area contributed by atoms with E-state index in [4.69, 9.17) is 21.3 Å². The third-order valence-corrected chi connectivity index (χ3v) is 10.1. The van der Waals surface area contributed by atoms with E-state index < -0.39 is 12.2 Å². The molecule has 4 nitrogen and oxygen atoms in total. The summed E-state index contributed by atoms with van der Waals surface area (Å²) in [7, 11) is 0. The molecule has 2 heterocycles. The second-order valence-corrected chi connectivity index (χ2v) is 13.4. The van der Waals surface area contributed by atoms with Crippen LogP contribution < -0.4 is 5.32 Å². The minimum Gasteiger partial charge on any atom is -0.455 e. The zero-order valence-corrected chi connectivity index (χ0v) is 29.5. The fourth-order valence-electron chi connectivity index (χ4n) is 7.26. The standard InChI is InChI=1S/C51H35N3O/c1-4-12-34(13-5-1)36-22-24-38(25-23-36)39-26-30-40(31-27-39)43-18-10-19-44-45-20-11-21-46(48(45)55-47(43)44)51-53-49(41-16-8-3-9-17-41)52-50(54-51)42-32-28-37(29-33-42)35-14-6-2-7-15-35/h1-33,49H,(H,52,53,54)/i2D,6D,7D,14D,15D. The molecule has 9 aromatic rings. The molecular formula is C51H35N3O. The van der Waals surface area contributed by atoms with Crippen molar-refractivity contribution < 1.29 is 11.3 Å². The average Bonchev–Trinajstić information content (AvgIpc) is 3.70. The van der Waals surface area contributed by atoms with Crippen LogP contribution in [-0.2, 0) is 0 Å². The van der Waals surface area contributed by atoms with E-state index in [0.29, 0.717) is 28.4 Å². The molecule has 1 aromatic heterocycles. The fraction of sp³-hybridized carbons (Fsp3) is 0.0196. The number of benzene rings is 8. The Balaban J connectivity index is 1.01. The second-order valence-electron chi connectivity index (χ2n) is 13.4. The first-order chi connectivity index (χ1) is 29.3. The van der Waals surface area contributed by atoms with Gasteiger partial charge in [-0.05, 0) is 50.6 Å². The quantitative estimate of drug-likeness (QED) is 0.179. The molecule has 10 rings (SSSR count). The van der Waals surface area contributed by atoms with E-state index in [9.17, 15) is 0 Å². The van der Waals surface area contributed by atoms with Crippen molar-refractivity contribution in [2.75, 3.05) is 0 Å². The van der Waals surface area contributed by atoms with Gasteiger partial charge in [-0.1, -0.05) is 194 Å². The molecule has 0 fully saturated rings. The van der Waals surface area contributed by atoms with Crippen molar-refractivity contribution in [1.82, 2.24) is 5.32 Å². The van der Waals surface area contributed by atoms with E-state index in [1.165, 1.54) is 11.1 Å². The maximum atomic E-state index is 8.47. The van der Waals surface area contributed by atoms with Gasteiger partial charge in [0.1, 0.15) is 23.2 Å². The van der Waals surface area contributed by atoms with Gasteiger partial charge in [-0.25, -0.2) is 9.98 Å². The molecule has 1 aliphatic heterocycles. The number of para-hydroxylation sites is 2. The lowest BCUT2D eigenvalue weighted by Gasteiger charge is -2.23. The Labute approximate surface area is 326 Å². The molecule has 1 N–H and O–H groups in total. The summed E-state index contributed by atoms with van der Waals surface area (Å²) in [5.41, 5.74) is 11.3. The van der Waals surface area contributed by atoms with Gasteiger partial charge in [-0.15, -0.1) is 0 Å². The van der Waals surface area contributed by atoms with Gasteiger partial charge in [-0.2, -0.15) is 0 Å². The summed E-state index contributed by atoms with van der Waals surface area (Å²) >= 11 is 0. The van der Waals surface area contributed by atoms with E-state index in [1.807, 2.05) is 60.7 Å². The summed E-state index contributed by atoms with van der Waals surface area (Å²) < 4.78 is 48.1. The van der Waals surface area contributed by atoms with Crippen molar-refractivity contribution in [2.24, 2.45) is 9.98 Å². The van der Waals surface area contributed by atoms with Crippen LogP contribution in [0.25, 0.3) is 66.4 Å². The molecule has 260 valence electrons. The minimum absolute atomic E-state index is 0.145.